The lowest BCUT2D eigenvalue weighted by atomic mass is 10.0. The largest absolute Gasteiger partial charge is 0.481 e. The van der Waals surface area contributed by atoms with Crippen LogP contribution in [0.15, 0.2) is 54.6 Å². The number of hydrogen-bond acceptors (Lipinski definition) is 2. The van der Waals surface area contributed by atoms with Crippen LogP contribution < -0.4 is 10.1 Å². The normalized spacial score (nSPS) is 13.8. The standard InChI is InChI=1S/C24H25NO2/c1-15(2)19-8-4-5-10-22(19)27-16(3)24(26)25-21-14-13-18-12-11-17-7-6-9-20(21)23(17)18/h4-10,13-16H,11-12H2,1-3H3,(H,25,26)/t16-/m0/s1. The Morgan fingerprint density at radius 3 is 2.44 bits per heavy atom. The Bertz CT molecular complexity index is 996. The number of rotatable bonds is 5. The molecule has 138 valence electrons. The van der Waals surface area contributed by atoms with Crippen LogP contribution in [-0.2, 0) is 17.6 Å². The molecule has 0 aromatic heterocycles. The van der Waals surface area contributed by atoms with Gasteiger partial charge in [0.15, 0.2) is 6.10 Å². The van der Waals surface area contributed by atoms with Gasteiger partial charge in [0.2, 0.25) is 0 Å². The smallest absolute Gasteiger partial charge is 0.265 e. The van der Waals surface area contributed by atoms with E-state index in [-0.39, 0.29) is 5.91 Å². The lowest BCUT2D eigenvalue weighted by Gasteiger charge is -2.19. The Morgan fingerprint density at radius 2 is 1.67 bits per heavy atom. The Hall–Kier alpha value is -2.81. The molecule has 4 rings (SSSR count). The fourth-order valence-electron chi connectivity index (χ4n) is 3.90. The van der Waals surface area contributed by atoms with Gasteiger partial charge in [-0.2, -0.15) is 0 Å². The quantitative estimate of drug-likeness (QED) is 0.656. The van der Waals surface area contributed by atoms with Gasteiger partial charge in [0.05, 0.1) is 0 Å². The third kappa shape index (κ3) is 3.30. The molecule has 3 nitrogen and oxygen atoms in total. The van der Waals surface area contributed by atoms with Crippen LogP contribution in [0.3, 0.4) is 0 Å². The Labute approximate surface area is 160 Å². The fourth-order valence-corrected chi connectivity index (χ4v) is 3.90. The first-order chi connectivity index (χ1) is 13.0. The van der Waals surface area contributed by atoms with Crippen LogP contribution in [0.4, 0.5) is 5.69 Å². The first-order valence-electron chi connectivity index (χ1n) is 9.64. The number of nitrogens with one attached hydrogen (secondary N) is 1. The van der Waals surface area contributed by atoms with Gasteiger partial charge >= 0.3 is 0 Å². The lowest BCUT2D eigenvalue weighted by molar-refractivity contribution is -0.122. The zero-order chi connectivity index (χ0) is 19.0. The van der Waals surface area contributed by atoms with Crippen LogP contribution in [0.25, 0.3) is 10.8 Å². The van der Waals surface area contributed by atoms with Crippen LogP contribution >= 0.6 is 0 Å². The highest BCUT2D eigenvalue weighted by atomic mass is 16.5. The van der Waals surface area contributed by atoms with Crippen LogP contribution in [0, 0.1) is 0 Å². The van der Waals surface area contributed by atoms with E-state index >= 15 is 0 Å². The number of hydrogen-bond donors (Lipinski definition) is 1. The van der Waals surface area contributed by atoms with Gasteiger partial charge in [0.25, 0.3) is 5.91 Å². The molecule has 3 aromatic carbocycles. The SMILES string of the molecule is CC(C)c1ccccc1O[C@@H](C)C(=O)Nc1ccc2c3c(cccc13)CC2. The van der Waals surface area contributed by atoms with Crippen molar-refractivity contribution in [3.05, 3.63) is 71.3 Å². The average molecular weight is 359 g/mol. The number of benzene rings is 3. The fraction of sp³-hybridized carbons (Fsp3) is 0.292. The second kappa shape index (κ2) is 7.07. The van der Waals surface area contributed by atoms with Gasteiger partial charge in [0.1, 0.15) is 5.75 Å². The van der Waals surface area contributed by atoms with Gasteiger partial charge in [-0.05, 0) is 59.9 Å². The summed E-state index contributed by atoms with van der Waals surface area (Å²) < 4.78 is 6.00. The molecular formula is C24H25NO2. The number of carbonyl (C=O) groups excluding carboxylic acids is 1. The molecule has 3 aromatic rings. The number of amides is 1. The second-order valence-electron chi connectivity index (χ2n) is 7.55. The summed E-state index contributed by atoms with van der Waals surface area (Å²) in [6.07, 6.45) is 1.58. The van der Waals surface area contributed by atoms with Crippen molar-refractivity contribution in [2.24, 2.45) is 0 Å². The highest BCUT2D eigenvalue weighted by Gasteiger charge is 2.20. The van der Waals surface area contributed by atoms with Gasteiger partial charge in [-0.25, -0.2) is 0 Å². The van der Waals surface area contributed by atoms with E-state index in [0.29, 0.717) is 5.92 Å². The summed E-state index contributed by atoms with van der Waals surface area (Å²) in [4.78, 5) is 12.8. The molecule has 0 bridgehead atoms. The van der Waals surface area contributed by atoms with E-state index in [9.17, 15) is 4.79 Å². The number of anilines is 1. The minimum absolute atomic E-state index is 0.132. The first kappa shape index (κ1) is 17.6. The van der Waals surface area contributed by atoms with E-state index in [1.165, 1.54) is 16.5 Å². The van der Waals surface area contributed by atoms with Crippen LogP contribution in [0.1, 0.15) is 43.4 Å². The first-order valence-corrected chi connectivity index (χ1v) is 9.64. The van der Waals surface area contributed by atoms with Crippen molar-refractivity contribution < 1.29 is 9.53 Å². The van der Waals surface area contributed by atoms with E-state index in [1.54, 1.807) is 6.92 Å². The van der Waals surface area contributed by atoms with Gasteiger partial charge in [-0.15, -0.1) is 0 Å². The van der Waals surface area contributed by atoms with Crippen molar-refractivity contribution in [3.8, 4) is 5.75 Å². The van der Waals surface area contributed by atoms with E-state index in [2.05, 4.69) is 43.4 Å². The maximum Gasteiger partial charge on any atom is 0.265 e. The molecule has 0 heterocycles. The molecule has 0 fully saturated rings. The van der Waals surface area contributed by atoms with Crippen molar-refractivity contribution in [1.29, 1.82) is 0 Å². The molecule has 1 atom stereocenters. The molecule has 0 saturated heterocycles. The average Bonchev–Trinajstić information content (AvgIpc) is 3.09. The van der Waals surface area contributed by atoms with E-state index in [0.717, 1.165) is 35.2 Å². The summed E-state index contributed by atoms with van der Waals surface area (Å²) >= 11 is 0. The summed E-state index contributed by atoms with van der Waals surface area (Å²) in [5.41, 5.74) is 4.71. The molecule has 1 aliphatic rings. The minimum atomic E-state index is -0.576. The predicted molar refractivity (Wildman–Crippen MR) is 111 cm³/mol. The summed E-state index contributed by atoms with van der Waals surface area (Å²) in [5.74, 6) is 0.982. The Balaban J connectivity index is 1.56. The summed E-state index contributed by atoms with van der Waals surface area (Å²) in [7, 11) is 0. The van der Waals surface area contributed by atoms with Crippen molar-refractivity contribution in [3.63, 3.8) is 0 Å². The van der Waals surface area contributed by atoms with Gasteiger partial charge in [0, 0.05) is 11.1 Å². The van der Waals surface area contributed by atoms with Crippen molar-refractivity contribution in [1.82, 2.24) is 0 Å². The van der Waals surface area contributed by atoms with Gasteiger partial charge < -0.3 is 10.1 Å². The molecule has 1 amide bonds. The summed E-state index contributed by atoms with van der Waals surface area (Å²) in [5, 5.41) is 5.49. The van der Waals surface area contributed by atoms with Crippen molar-refractivity contribution in [2.45, 2.75) is 45.6 Å². The molecule has 1 aliphatic carbocycles. The number of aryl methyl sites for hydroxylation is 2. The highest BCUT2D eigenvalue weighted by molar-refractivity contribution is 6.06. The molecule has 3 heteroatoms. The van der Waals surface area contributed by atoms with Crippen molar-refractivity contribution in [2.75, 3.05) is 5.32 Å². The zero-order valence-electron chi connectivity index (χ0n) is 16.1. The number of ether oxygens (including phenoxy) is 1. The maximum absolute atomic E-state index is 12.8. The lowest BCUT2D eigenvalue weighted by Crippen LogP contribution is -2.30. The molecule has 0 saturated carbocycles. The van der Waals surface area contributed by atoms with Gasteiger partial charge in [-0.3, -0.25) is 4.79 Å². The highest BCUT2D eigenvalue weighted by Crippen LogP contribution is 2.35. The minimum Gasteiger partial charge on any atom is -0.481 e. The number of carbonyl (C=O) groups is 1. The van der Waals surface area contributed by atoms with Crippen LogP contribution in [0.2, 0.25) is 0 Å². The topological polar surface area (TPSA) is 38.3 Å². The monoisotopic (exact) mass is 359 g/mol. The predicted octanol–water partition coefficient (Wildman–Crippen LogP) is 5.47. The molecule has 0 spiro atoms. The van der Waals surface area contributed by atoms with Gasteiger partial charge in [-0.1, -0.05) is 56.3 Å². The molecule has 0 radical (unpaired) electrons. The molecular weight excluding hydrogens is 334 g/mol. The van der Waals surface area contributed by atoms with E-state index in [1.807, 2.05) is 30.3 Å². The summed E-state index contributed by atoms with van der Waals surface area (Å²) in [6, 6.07) is 18.4. The number of para-hydroxylation sites is 1. The third-order valence-corrected chi connectivity index (χ3v) is 5.35. The molecule has 1 N–H and O–H groups in total. The Kier molecular flexibility index (Phi) is 4.61. The Morgan fingerprint density at radius 1 is 0.926 bits per heavy atom. The van der Waals surface area contributed by atoms with E-state index in [4.69, 9.17) is 4.74 Å². The maximum atomic E-state index is 12.8. The van der Waals surface area contributed by atoms with Crippen LogP contribution in [-0.4, -0.2) is 12.0 Å². The van der Waals surface area contributed by atoms with Crippen LogP contribution in [0.5, 0.6) is 5.75 Å². The summed E-state index contributed by atoms with van der Waals surface area (Å²) in [6.45, 7) is 6.05. The second-order valence-corrected chi connectivity index (χ2v) is 7.55. The third-order valence-electron chi connectivity index (χ3n) is 5.35. The molecule has 0 aliphatic heterocycles. The molecule has 0 unspecified atom stereocenters. The zero-order valence-corrected chi connectivity index (χ0v) is 16.1. The van der Waals surface area contributed by atoms with Crippen molar-refractivity contribution >= 4 is 22.4 Å². The van der Waals surface area contributed by atoms with E-state index < -0.39 is 6.10 Å². The molecule has 27 heavy (non-hydrogen) atoms.